The van der Waals surface area contributed by atoms with Crippen LogP contribution in [-0.2, 0) is 4.79 Å². The lowest BCUT2D eigenvalue weighted by molar-refractivity contribution is -0.120. The maximum atomic E-state index is 11.2. The van der Waals surface area contributed by atoms with Crippen molar-refractivity contribution in [1.82, 2.24) is 9.97 Å². The molecule has 1 aliphatic carbocycles. The number of hydrogen-bond donors (Lipinski definition) is 0. The van der Waals surface area contributed by atoms with E-state index in [2.05, 4.69) is 9.97 Å². The van der Waals surface area contributed by atoms with E-state index in [4.69, 9.17) is 0 Å². The maximum Gasteiger partial charge on any atom is 0.132 e. The van der Waals surface area contributed by atoms with E-state index in [1.54, 1.807) is 11.8 Å². The number of Topliss-reactive ketones (excluding diaryl/α,β-unsaturated/α-hetero) is 1. The minimum absolute atomic E-state index is 0.399. The van der Waals surface area contributed by atoms with Crippen molar-refractivity contribution >= 4 is 28.6 Å². The molecule has 1 aromatic heterocycles. The third-order valence-corrected chi connectivity index (χ3v) is 4.45. The average Bonchev–Trinajstić information content (AvgIpc) is 2.41. The fourth-order valence-corrected chi connectivity index (χ4v) is 3.28. The molecule has 0 aliphatic heterocycles. The number of ketones is 1. The van der Waals surface area contributed by atoms with Gasteiger partial charge in [0.25, 0.3) is 0 Å². The van der Waals surface area contributed by atoms with Crippen molar-refractivity contribution in [2.24, 2.45) is 0 Å². The number of para-hydroxylation sites is 2. The fraction of sp³-hybridized carbons (Fsp3) is 0.357. The van der Waals surface area contributed by atoms with Crippen molar-refractivity contribution in [3.8, 4) is 0 Å². The topological polar surface area (TPSA) is 42.9 Å². The molecule has 0 saturated heterocycles. The Kier molecular flexibility index (Phi) is 3.28. The van der Waals surface area contributed by atoms with Crippen LogP contribution in [0.3, 0.4) is 0 Å². The first-order valence-electron chi connectivity index (χ1n) is 6.21. The fourth-order valence-electron chi connectivity index (χ4n) is 2.20. The standard InChI is InChI=1S/C14H14N2OS/c17-10-5-7-11(8-6-10)18-14-9-15-12-3-1-2-4-13(12)16-14/h1-4,9,11H,5-8H2. The van der Waals surface area contributed by atoms with Crippen LogP contribution in [0.1, 0.15) is 25.7 Å². The normalized spacial score (nSPS) is 17.2. The van der Waals surface area contributed by atoms with Gasteiger partial charge in [-0.3, -0.25) is 9.78 Å². The minimum Gasteiger partial charge on any atom is -0.300 e. The summed E-state index contributed by atoms with van der Waals surface area (Å²) < 4.78 is 0. The number of fused-ring (bicyclic) bond motifs is 1. The molecule has 0 N–H and O–H groups in total. The molecule has 3 rings (SSSR count). The van der Waals surface area contributed by atoms with Gasteiger partial charge in [0.2, 0.25) is 0 Å². The molecular weight excluding hydrogens is 244 g/mol. The van der Waals surface area contributed by atoms with Crippen molar-refractivity contribution in [2.75, 3.05) is 0 Å². The molecule has 3 nitrogen and oxygen atoms in total. The smallest absolute Gasteiger partial charge is 0.132 e. The molecule has 2 aromatic rings. The van der Waals surface area contributed by atoms with E-state index in [1.165, 1.54) is 0 Å². The van der Waals surface area contributed by atoms with E-state index in [1.807, 2.05) is 30.5 Å². The SMILES string of the molecule is O=C1CCC(Sc2cnc3ccccc3n2)CC1. The quantitative estimate of drug-likeness (QED) is 0.829. The summed E-state index contributed by atoms with van der Waals surface area (Å²) in [5.41, 5.74) is 1.87. The van der Waals surface area contributed by atoms with Gasteiger partial charge in [-0.1, -0.05) is 12.1 Å². The van der Waals surface area contributed by atoms with Crippen LogP contribution in [0.25, 0.3) is 11.0 Å². The number of thioether (sulfide) groups is 1. The number of aromatic nitrogens is 2. The van der Waals surface area contributed by atoms with Gasteiger partial charge in [0.1, 0.15) is 10.8 Å². The molecule has 0 radical (unpaired) electrons. The number of carbonyl (C=O) groups excluding carboxylic acids is 1. The Balaban J connectivity index is 1.76. The molecule has 1 saturated carbocycles. The first-order valence-corrected chi connectivity index (χ1v) is 7.09. The Bertz CT molecular complexity index is 575. The summed E-state index contributed by atoms with van der Waals surface area (Å²) in [7, 11) is 0. The summed E-state index contributed by atoms with van der Waals surface area (Å²) in [5, 5.41) is 1.48. The third-order valence-electron chi connectivity index (χ3n) is 3.20. The number of nitrogens with zero attached hydrogens (tertiary/aromatic N) is 2. The summed E-state index contributed by atoms with van der Waals surface area (Å²) in [6, 6.07) is 7.90. The van der Waals surface area contributed by atoms with Crippen LogP contribution < -0.4 is 0 Å². The molecule has 0 bridgehead atoms. The molecule has 0 atom stereocenters. The Morgan fingerprint density at radius 1 is 1.11 bits per heavy atom. The highest BCUT2D eigenvalue weighted by molar-refractivity contribution is 7.99. The molecule has 0 spiro atoms. The van der Waals surface area contributed by atoms with Crippen molar-refractivity contribution in [3.63, 3.8) is 0 Å². The van der Waals surface area contributed by atoms with Gasteiger partial charge < -0.3 is 0 Å². The Morgan fingerprint density at radius 3 is 2.61 bits per heavy atom. The highest BCUT2D eigenvalue weighted by Gasteiger charge is 2.20. The maximum absolute atomic E-state index is 11.2. The van der Waals surface area contributed by atoms with E-state index in [9.17, 15) is 4.79 Å². The van der Waals surface area contributed by atoms with E-state index in [-0.39, 0.29) is 0 Å². The molecule has 1 aliphatic rings. The van der Waals surface area contributed by atoms with Crippen LogP contribution >= 0.6 is 11.8 Å². The van der Waals surface area contributed by atoms with Crippen LogP contribution in [0.4, 0.5) is 0 Å². The summed E-state index contributed by atoms with van der Waals surface area (Å²) in [5.74, 6) is 0.399. The van der Waals surface area contributed by atoms with Crippen molar-refractivity contribution in [1.29, 1.82) is 0 Å². The highest BCUT2D eigenvalue weighted by atomic mass is 32.2. The Hall–Kier alpha value is -1.42. The van der Waals surface area contributed by atoms with Crippen LogP contribution in [0.15, 0.2) is 35.5 Å². The zero-order chi connectivity index (χ0) is 12.4. The highest BCUT2D eigenvalue weighted by Crippen LogP contribution is 2.31. The van der Waals surface area contributed by atoms with Gasteiger partial charge in [-0.15, -0.1) is 11.8 Å². The van der Waals surface area contributed by atoms with Crippen LogP contribution in [0.5, 0.6) is 0 Å². The predicted octanol–water partition coefficient (Wildman–Crippen LogP) is 3.23. The second kappa shape index (κ2) is 5.06. The second-order valence-corrected chi connectivity index (χ2v) is 5.87. The molecule has 4 heteroatoms. The van der Waals surface area contributed by atoms with E-state index in [0.29, 0.717) is 11.0 Å². The van der Waals surface area contributed by atoms with Gasteiger partial charge in [-0.2, -0.15) is 0 Å². The lowest BCUT2D eigenvalue weighted by atomic mass is 9.99. The third kappa shape index (κ3) is 2.53. The summed E-state index contributed by atoms with van der Waals surface area (Å²) >= 11 is 1.76. The predicted molar refractivity (Wildman–Crippen MR) is 72.7 cm³/mol. The average molecular weight is 258 g/mol. The molecule has 0 amide bonds. The Labute approximate surface area is 110 Å². The molecule has 0 unspecified atom stereocenters. The number of rotatable bonds is 2. The zero-order valence-corrected chi connectivity index (χ0v) is 10.8. The lowest BCUT2D eigenvalue weighted by Gasteiger charge is -2.19. The first-order chi connectivity index (χ1) is 8.81. The van der Waals surface area contributed by atoms with E-state index in [0.717, 1.165) is 41.7 Å². The molecule has 92 valence electrons. The first kappa shape index (κ1) is 11.7. The van der Waals surface area contributed by atoms with Gasteiger partial charge in [0.05, 0.1) is 17.2 Å². The van der Waals surface area contributed by atoms with E-state index < -0.39 is 0 Å². The number of hydrogen-bond acceptors (Lipinski definition) is 4. The van der Waals surface area contributed by atoms with Crippen molar-refractivity contribution in [2.45, 2.75) is 36.0 Å². The van der Waals surface area contributed by atoms with Crippen molar-refractivity contribution < 1.29 is 4.79 Å². The monoisotopic (exact) mass is 258 g/mol. The minimum atomic E-state index is 0.399. The number of benzene rings is 1. The van der Waals surface area contributed by atoms with Gasteiger partial charge in [-0.25, -0.2) is 4.98 Å². The molecule has 1 aromatic carbocycles. The van der Waals surface area contributed by atoms with Crippen molar-refractivity contribution in [3.05, 3.63) is 30.5 Å². The largest absolute Gasteiger partial charge is 0.300 e. The van der Waals surface area contributed by atoms with Crippen LogP contribution in [0, 0.1) is 0 Å². The zero-order valence-electron chi connectivity index (χ0n) is 10.0. The van der Waals surface area contributed by atoms with Gasteiger partial charge >= 0.3 is 0 Å². The molecular formula is C14H14N2OS. The van der Waals surface area contributed by atoms with Crippen LogP contribution in [-0.4, -0.2) is 21.0 Å². The Morgan fingerprint density at radius 2 is 1.83 bits per heavy atom. The lowest BCUT2D eigenvalue weighted by Crippen LogP contribution is -2.15. The molecule has 1 fully saturated rings. The van der Waals surface area contributed by atoms with Gasteiger partial charge in [-0.05, 0) is 25.0 Å². The van der Waals surface area contributed by atoms with Gasteiger partial charge in [0, 0.05) is 18.1 Å². The van der Waals surface area contributed by atoms with E-state index >= 15 is 0 Å². The number of carbonyl (C=O) groups is 1. The summed E-state index contributed by atoms with van der Waals surface area (Å²) in [6.07, 6.45) is 5.22. The van der Waals surface area contributed by atoms with Gasteiger partial charge in [0.15, 0.2) is 0 Å². The molecule has 18 heavy (non-hydrogen) atoms. The molecule has 1 heterocycles. The van der Waals surface area contributed by atoms with Crippen LogP contribution in [0.2, 0.25) is 0 Å². The summed E-state index contributed by atoms with van der Waals surface area (Å²) in [4.78, 5) is 20.2. The summed E-state index contributed by atoms with van der Waals surface area (Å²) in [6.45, 7) is 0. The second-order valence-electron chi connectivity index (χ2n) is 4.55.